The van der Waals surface area contributed by atoms with Crippen LogP contribution in [0.15, 0.2) is 79.0 Å². The minimum Gasteiger partial charge on any atom is -0.467 e. The summed E-state index contributed by atoms with van der Waals surface area (Å²) in [4.78, 5) is 12.6. The molecule has 9 nitrogen and oxygen atoms in total. The molecule has 1 spiro atoms. The maximum atomic E-state index is 14.0. The highest BCUT2D eigenvalue weighted by atomic mass is 19.2. The monoisotopic (exact) mass is 609 g/mol. The SMILES string of the molecule is COC(=O)[C@H]1O[C@@]12OC(COCc1ccccc1)[C@H](OCc1ccccc1)C(n1cc(-c3cc(F)c(F)c(F)c3)nn1)C2C. The summed E-state index contributed by atoms with van der Waals surface area (Å²) in [7, 11) is 1.26. The molecule has 3 aromatic carbocycles. The number of hydrogen-bond donors (Lipinski definition) is 0. The third kappa shape index (κ3) is 5.85. The summed E-state index contributed by atoms with van der Waals surface area (Å²) in [5, 5.41) is 8.40. The molecule has 6 rings (SSSR count). The Morgan fingerprint density at radius 2 is 1.59 bits per heavy atom. The fourth-order valence-electron chi connectivity index (χ4n) is 5.67. The first-order valence-corrected chi connectivity index (χ1v) is 14.1. The van der Waals surface area contributed by atoms with E-state index in [1.807, 2.05) is 67.6 Å². The van der Waals surface area contributed by atoms with Crippen LogP contribution in [0.3, 0.4) is 0 Å². The van der Waals surface area contributed by atoms with E-state index in [-0.39, 0.29) is 24.5 Å². The summed E-state index contributed by atoms with van der Waals surface area (Å²) >= 11 is 0. The molecule has 0 aliphatic carbocycles. The molecule has 12 heteroatoms. The van der Waals surface area contributed by atoms with Crippen molar-refractivity contribution in [2.24, 2.45) is 5.92 Å². The highest BCUT2D eigenvalue weighted by Crippen LogP contribution is 2.54. The Morgan fingerprint density at radius 3 is 2.23 bits per heavy atom. The van der Waals surface area contributed by atoms with E-state index in [9.17, 15) is 18.0 Å². The number of aromatic nitrogens is 3. The second-order valence-corrected chi connectivity index (χ2v) is 10.8. The van der Waals surface area contributed by atoms with Crippen molar-refractivity contribution in [3.05, 3.63) is 108 Å². The van der Waals surface area contributed by atoms with E-state index in [4.69, 9.17) is 23.7 Å². The molecular weight excluding hydrogens is 579 g/mol. The Bertz CT molecular complexity index is 1580. The maximum Gasteiger partial charge on any atom is 0.340 e. The van der Waals surface area contributed by atoms with Gasteiger partial charge in [0, 0.05) is 11.5 Å². The minimum absolute atomic E-state index is 0.00156. The van der Waals surface area contributed by atoms with Crippen LogP contribution in [0.1, 0.15) is 24.1 Å². The number of carbonyl (C=O) groups excluding carboxylic acids is 1. The minimum atomic E-state index is -1.58. The van der Waals surface area contributed by atoms with Crippen molar-refractivity contribution in [3.8, 4) is 11.3 Å². The van der Waals surface area contributed by atoms with Crippen molar-refractivity contribution < 1.29 is 41.7 Å². The predicted octanol–water partition coefficient (Wildman–Crippen LogP) is 5.01. The van der Waals surface area contributed by atoms with Crippen molar-refractivity contribution in [2.45, 2.75) is 50.3 Å². The van der Waals surface area contributed by atoms with Crippen molar-refractivity contribution >= 4 is 5.97 Å². The van der Waals surface area contributed by atoms with Gasteiger partial charge in [-0.1, -0.05) is 72.8 Å². The van der Waals surface area contributed by atoms with Gasteiger partial charge in [-0.25, -0.2) is 22.6 Å². The molecule has 0 saturated carbocycles. The number of benzene rings is 3. The number of esters is 1. The summed E-state index contributed by atoms with van der Waals surface area (Å²) in [6, 6.07) is 20.2. The summed E-state index contributed by atoms with van der Waals surface area (Å²) in [5.74, 6) is -6.78. The van der Waals surface area contributed by atoms with Gasteiger partial charge in [0.05, 0.1) is 39.2 Å². The number of halogens is 3. The van der Waals surface area contributed by atoms with E-state index in [1.54, 1.807) is 0 Å². The van der Waals surface area contributed by atoms with Gasteiger partial charge in [0.25, 0.3) is 0 Å². The molecule has 0 radical (unpaired) electrons. The molecule has 0 amide bonds. The summed E-state index contributed by atoms with van der Waals surface area (Å²) in [5.41, 5.74) is 1.98. The summed E-state index contributed by atoms with van der Waals surface area (Å²) < 4.78 is 73.1. The van der Waals surface area contributed by atoms with Crippen LogP contribution in [0.2, 0.25) is 0 Å². The lowest BCUT2D eigenvalue weighted by atomic mass is 9.84. The molecule has 4 aromatic rings. The van der Waals surface area contributed by atoms with Gasteiger partial charge in [-0.2, -0.15) is 0 Å². The summed E-state index contributed by atoms with van der Waals surface area (Å²) in [6.45, 7) is 2.42. The van der Waals surface area contributed by atoms with Crippen molar-refractivity contribution in [3.63, 3.8) is 0 Å². The second-order valence-electron chi connectivity index (χ2n) is 10.8. The number of epoxide rings is 1. The first kappa shape index (κ1) is 29.9. The third-order valence-corrected chi connectivity index (χ3v) is 7.99. The molecule has 0 bridgehead atoms. The Hall–Kier alpha value is -4.10. The van der Waals surface area contributed by atoms with Crippen LogP contribution >= 0.6 is 0 Å². The van der Waals surface area contributed by atoms with E-state index in [0.29, 0.717) is 6.61 Å². The van der Waals surface area contributed by atoms with E-state index < -0.39 is 59.5 Å². The lowest BCUT2D eigenvalue weighted by Gasteiger charge is -2.44. The lowest BCUT2D eigenvalue weighted by Crippen LogP contribution is -2.56. The Kier molecular flexibility index (Phi) is 8.50. The maximum absolute atomic E-state index is 14.0. The largest absolute Gasteiger partial charge is 0.467 e. The van der Waals surface area contributed by atoms with Crippen molar-refractivity contribution in [1.82, 2.24) is 15.0 Å². The van der Waals surface area contributed by atoms with Crippen LogP contribution in [0.4, 0.5) is 13.2 Å². The molecule has 0 N–H and O–H groups in total. The zero-order valence-corrected chi connectivity index (χ0v) is 23.9. The lowest BCUT2D eigenvalue weighted by molar-refractivity contribution is -0.245. The molecule has 2 aliphatic rings. The van der Waals surface area contributed by atoms with E-state index in [1.165, 1.54) is 18.0 Å². The van der Waals surface area contributed by atoms with E-state index >= 15 is 0 Å². The first-order chi connectivity index (χ1) is 21.3. The molecule has 2 aliphatic heterocycles. The van der Waals surface area contributed by atoms with Crippen LogP contribution in [-0.2, 0) is 41.7 Å². The number of carbonyl (C=O) groups is 1. The fraction of sp³-hybridized carbons (Fsp3) is 0.344. The fourth-order valence-corrected chi connectivity index (χ4v) is 5.67. The van der Waals surface area contributed by atoms with Gasteiger partial charge in [-0.15, -0.1) is 5.10 Å². The number of rotatable bonds is 10. The molecule has 230 valence electrons. The molecular formula is C32H30F3N3O6. The molecule has 2 saturated heterocycles. The first-order valence-electron chi connectivity index (χ1n) is 14.1. The van der Waals surface area contributed by atoms with Crippen LogP contribution < -0.4 is 0 Å². The van der Waals surface area contributed by atoms with E-state index in [0.717, 1.165) is 23.3 Å². The van der Waals surface area contributed by atoms with Gasteiger partial charge in [-0.05, 0) is 23.3 Å². The average Bonchev–Trinajstić information content (AvgIpc) is 3.55. The highest BCUT2D eigenvalue weighted by molar-refractivity contribution is 5.79. The average molecular weight is 610 g/mol. The van der Waals surface area contributed by atoms with Crippen LogP contribution in [0, 0.1) is 23.4 Å². The Labute approximate surface area is 251 Å². The molecule has 3 unspecified atom stereocenters. The molecule has 2 fully saturated rings. The van der Waals surface area contributed by atoms with Gasteiger partial charge in [0.2, 0.25) is 11.9 Å². The van der Waals surface area contributed by atoms with Gasteiger partial charge in [0.15, 0.2) is 17.5 Å². The topological polar surface area (TPSA) is 97.2 Å². The van der Waals surface area contributed by atoms with E-state index in [2.05, 4.69) is 10.3 Å². The van der Waals surface area contributed by atoms with Gasteiger partial charge in [-0.3, -0.25) is 0 Å². The summed E-state index contributed by atoms with van der Waals surface area (Å²) in [6.07, 6.45) is -0.959. The van der Waals surface area contributed by atoms with Crippen LogP contribution in [0.25, 0.3) is 11.3 Å². The Balaban J connectivity index is 1.35. The smallest absolute Gasteiger partial charge is 0.340 e. The third-order valence-electron chi connectivity index (χ3n) is 7.99. The number of ether oxygens (including phenoxy) is 5. The number of hydrogen-bond acceptors (Lipinski definition) is 8. The van der Waals surface area contributed by atoms with Crippen molar-refractivity contribution in [1.29, 1.82) is 0 Å². The Morgan fingerprint density at radius 1 is 0.955 bits per heavy atom. The quantitative estimate of drug-likeness (QED) is 0.141. The predicted molar refractivity (Wildman–Crippen MR) is 149 cm³/mol. The van der Waals surface area contributed by atoms with Crippen molar-refractivity contribution in [2.75, 3.05) is 13.7 Å². The second kappa shape index (κ2) is 12.5. The van der Waals surface area contributed by atoms with Gasteiger partial charge in [0.1, 0.15) is 17.9 Å². The number of nitrogens with zero attached hydrogens (tertiary/aromatic N) is 3. The molecule has 1 aromatic heterocycles. The normalized spacial score (nSPS) is 26.1. The van der Waals surface area contributed by atoms with Gasteiger partial charge < -0.3 is 23.7 Å². The molecule has 44 heavy (non-hydrogen) atoms. The highest BCUT2D eigenvalue weighted by Gasteiger charge is 2.72. The molecule has 6 atom stereocenters. The number of methoxy groups -OCH3 is 1. The van der Waals surface area contributed by atoms with Crippen LogP contribution in [0.5, 0.6) is 0 Å². The zero-order chi connectivity index (χ0) is 30.8. The standard InChI is InChI=1S/C32H30F3N3O6/c1-19-28(38-15-25(36-37-38)22-13-23(33)27(35)24(34)14-22)29(42-17-21-11-7-4-8-12-21)26(18-41-16-20-9-5-3-6-10-20)43-32(19)30(44-32)31(39)40-2/h3-15,19,26,28-30H,16-18H2,1-2H3/t19?,26?,28?,29-,30+,32+/m0/s1. The molecule has 3 heterocycles. The van der Waals surface area contributed by atoms with Gasteiger partial charge >= 0.3 is 5.97 Å². The van der Waals surface area contributed by atoms with Crippen LogP contribution in [-0.4, -0.2) is 58.8 Å². The zero-order valence-electron chi connectivity index (χ0n) is 23.9.